The van der Waals surface area contributed by atoms with E-state index >= 15 is 0 Å². The average molecular weight is 286 g/mol. The first kappa shape index (κ1) is 19.9. The summed E-state index contributed by atoms with van der Waals surface area (Å²) in [5.74, 6) is 0. The number of likely N-dealkylation sites (N-methyl/N-ethyl adjacent to an activating group) is 1. The van der Waals surface area contributed by atoms with E-state index < -0.39 is 0 Å². The van der Waals surface area contributed by atoms with E-state index in [0.717, 1.165) is 12.1 Å². The van der Waals surface area contributed by atoms with Crippen LogP contribution in [0, 0.1) is 0 Å². The quantitative estimate of drug-likeness (QED) is 0.771. The van der Waals surface area contributed by atoms with Crippen molar-refractivity contribution in [2.24, 2.45) is 0 Å². The Kier molecular flexibility index (Phi) is 10.5. The lowest BCUT2D eigenvalue weighted by Gasteiger charge is -2.34. The number of likely N-dealkylation sites (tertiary alicyclic amines) is 1. The minimum absolute atomic E-state index is 0. The van der Waals surface area contributed by atoms with Crippen LogP contribution in [-0.4, -0.2) is 73.1 Å². The van der Waals surface area contributed by atoms with Gasteiger partial charge < -0.3 is 9.80 Å². The number of hydrogen-bond acceptors (Lipinski definition) is 3. The molecule has 0 amide bonds. The van der Waals surface area contributed by atoms with Gasteiger partial charge in [0.25, 0.3) is 0 Å². The summed E-state index contributed by atoms with van der Waals surface area (Å²) in [5, 5.41) is 0. The number of piperidine rings is 1. The van der Waals surface area contributed by atoms with Gasteiger partial charge in [-0.25, -0.2) is 0 Å². The van der Waals surface area contributed by atoms with Gasteiger partial charge in [0, 0.05) is 38.3 Å². The predicted molar refractivity (Wildman–Crippen MR) is 91.5 cm³/mol. The summed E-state index contributed by atoms with van der Waals surface area (Å²) in [7, 11) is 2.19. The van der Waals surface area contributed by atoms with Crippen LogP contribution in [0.5, 0.6) is 0 Å². The van der Waals surface area contributed by atoms with E-state index in [0.29, 0.717) is 0 Å². The van der Waals surface area contributed by atoms with E-state index in [2.05, 4.69) is 49.4 Å². The van der Waals surface area contributed by atoms with Crippen LogP contribution in [-0.2, 0) is 0 Å². The first-order valence-electron chi connectivity index (χ1n) is 8.17. The van der Waals surface area contributed by atoms with E-state index in [1.165, 1.54) is 58.5 Å². The van der Waals surface area contributed by atoms with Crippen molar-refractivity contribution in [3.05, 3.63) is 0 Å². The summed E-state index contributed by atoms with van der Waals surface area (Å²) in [6, 6.07) is 1.50. The molecular weight excluding hydrogens is 246 g/mol. The normalized spacial score (nSPS) is 22.4. The Hall–Kier alpha value is -0.120. The van der Waals surface area contributed by atoms with Gasteiger partial charge in [0.1, 0.15) is 0 Å². The third-order valence-electron chi connectivity index (χ3n) is 4.39. The summed E-state index contributed by atoms with van der Waals surface area (Å²) in [4.78, 5) is 7.47. The van der Waals surface area contributed by atoms with Gasteiger partial charge in [-0.15, -0.1) is 0 Å². The van der Waals surface area contributed by atoms with Gasteiger partial charge in [-0.05, 0) is 60.7 Å². The highest BCUT2D eigenvalue weighted by Gasteiger charge is 2.15. The van der Waals surface area contributed by atoms with Crippen LogP contribution in [0.1, 0.15) is 54.4 Å². The fraction of sp³-hybridized carbons (Fsp3) is 1.00. The number of rotatable bonds is 2. The Bertz CT molecular complexity index is 214. The summed E-state index contributed by atoms with van der Waals surface area (Å²) in [6.07, 6.45) is 4.28. The molecule has 0 N–H and O–H groups in total. The molecule has 20 heavy (non-hydrogen) atoms. The zero-order valence-corrected chi connectivity index (χ0v) is 13.9. The zero-order valence-electron chi connectivity index (χ0n) is 13.9. The van der Waals surface area contributed by atoms with Gasteiger partial charge in [-0.3, -0.25) is 4.90 Å². The van der Waals surface area contributed by atoms with Crippen molar-refractivity contribution in [3.63, 3.8) is 0 Å². The van der Waals surface area contributed by atoms with Crippen LogP contribution in [0.3, 0.4) is 0 Å². The molecule has 0 radical (unpaired) electrons. The summed E-state index contributed by atoms with van der Waals surface area (Å²) in [5.41, 5.74) is 0. The van der Waals surface area contributed by atoms with Gasteiger partial charge in [0.15, 0.2) is 0 Å². The van der Waals surface area contributed by atoms with E-state index in [4.69, 9.17) is 0 Å². The van der Waals surface area contributed by atoms with Crippen LogP contribution in [0.15, 0.2) is 0 Å². The Morgan fingerprint density at radius 3 is 1.35 bits per heavy atom. The highest BCUT2D eigenvalue weighted by Crippen LogP contribution is 2.10. The van der Waals surface area contributed by atoms with E-state index in [1.807, 2.05) is 0 Å². The molecule has 0 saturated carbocycles. The average Bonchev–Trinajstić information content (AvgIpc) is 2.41. The van der Waals surface area contributed by atoms with Crippen LogP contribution < -0.4 is 0 Å². The van der Waals surface area contributed by atoms with Gasteiger partial charge in [0.05, 0.1) is 0 Å². The number of hydrogen-bond donors (Lipinski definition) is 0. The molecule has 3 nitrogen and oxygen atoms in total. The zero-order chi connectivity index (χ0) is 14.3. The molecule has 0 bridgehead atoms. The van der Waals surface area contributed by atoms with E-state index in [9.17, 15) is 0 Å². The molecule has 2 aliphatic heterocycles. The summed E-state index contributed by atoms with van der Waals surface area (Å²) < 4.78 is 0. The summed E-state index contributed by atoms with van der Waals surface area (Å²) >= 11 is 0. The molecule has 0 unspecified atom stereocenters. The van der Waals surface area contributed by atoms with Crippen LogP contribution in [0.2, 0.25) is 0 Å². The predicted octanol–water partition coefficient (Wildman–Crippen LogP) is 3.16. The molecule has 3 heteroatoms. The Balaban J connectivity index is 0.000000345. The standard InChI is InChI=1S/C8H18N2.C8H17N.CH4/c1-8(2)10-6-4-9(3)5-7-10;1-8(2)9-6-4-3-5-7-9;/h8H,4-7H2,1-3H3;8H,3-7H2,1-2H3;1H4. The first-order chi connectivity index (χ1) is 9.00. The van der Waals surface area contributed by atoms with Crippen molar-refractivity contribution < 1.29 is 0 Å². The minimum Gasteiger partial charge on any atom is -0.304 e. The molecule has 0 spiro atoms. The SMILES string of the molecule is C.CC(C)N1CCCCC1.CC(C)N1CCN(C)CC1. The van der Waals surface area contributed by atoms with Crippen molar-refractivity contribution in [3.8, 4) is 0 Å². The number of piperazine rings is 1. The molecule has 2 rings (SSSR count). The second-order valence-corrected chi connectivity index (χ2v) is 6.62. The van der Waals surface area contributed by atoms with Gasteiger partial charge >= 0.3 is 0 Å². The van der Waals surface area contributed by atoms with E-state index in [-0.39, 0.29) is 7.43 Å². The topological polar surface area (TPSA) is 9.72 Å². The van der Waals surface area contributed by atoms with Gasteiger partial charge in [0.2, 0.25) is 0 Å². The first-order valence-corrected chi connectivity index (χ1v) is 8.17. The molecule has 0 aromatic heterocycles. The largest absolute Gasteiger partial charge is 0.304 e. The second-order valence-electron chi connectivity index (χ2n) is 6.62. The lowest BCUT2D eigenvalue weighted by molar-refractivity contribution is 0.126. The fourth-order valence-corrected chi connectivity index (χ4v) is 2.77. The van der Waals surface area contributed by atoms with Crippen molar-refractivity contribution in [1.82, 2.24) is 14.7 Å². The highest BCUT2D eigenvalue weighted by molar-refractivity contribution is 4.71. The van der Waals surface area contributed by atoms with Crippen molar-refractivity contribution in [2.45, 2.75) is 66.5 Å². The van der Waals surface area contributed by atoms with Crippen LogP contribution in [0.25, 0.3) is 0 Å². The van der Waals surface area contributed by atoms with Crippen molar-refractivity contribution >= 4 is 0 Å². The summed E-state index contributed by atoms with van der Waals surface area (Å²) in [6.45, 7) is 16.7. The maximum Gasteiger partial charge on any atom is 0.0112 e. The molecule has 0 atom stereocenters. The van der Waals surface area contributed by atoms with Crippen LogP contribution >= 0.6 is 0 Å². The van der Waals surface area contributed by atoms with Crippen molar-refractivity contribution in [1.29, 1.82) is 0 Å². The molecule has 2 saturated heterocycles. The molecular formula is C17H39N3. The minimum atomic E-state index is 0. The highest BCUT2D eigenvalue weighted by atomic mass is 15.3. The van der Waals surface area contributed by atoms with Gasteiger partial charge in [-0.1, -0.05) is 13.8 Å². The maximum atomic E-state index is 2.56. The lowest BCUT2D eigenvalue weighted by Crippen LogP contribution is -2.47. The number of nitrogens with zero attached hydrogens (tertiary/aromatic N) is 3. The lowest BCUT2D eigenvalue weighted by atomic mass is 10.1. The smallest absolute Gasteiger partial charge is 0.0112 e. The molecule has 2 fully saturated rings. The molecule has 122 valence electrons. The van der Waals surface area contributed by atoms with Crippen molar-refractivity contribution in [2.75, 3.05) is 46.3 Å². The Morgan fingerprint density at radius 2 is 1.00 bits per heavy atom. The Morgan fingerprint density at radius 1 is 0.600 bits per heavy atom. The monoisotopic (exact) mass is 285 g/mol. The third-order valence-corrected chi connectivity index (χ3v) is 4.39. The second kappa shape index (κ2) is 10.6. The molecule has 0 aromatic carbocycles. The Labute approximate surface area is 128 Å². The molecule has 0 aromatic rings. The van der Waals surface area contributed by atoms with Gasteiger partial charge in [-0.2, -0.15) is 0 Å². The maximum absolute atomic E-state index is 2.56. The third kappa shape index (κ3) is 7.61. The molecule has 0 aliphatic carbocycles. The van der Waals surface area contributed by atoms with E-state index in [1.54, 1.807) is 0 Å². The fourth-order valence-electron chi connectivity index (χ4n) is 2.77. The molecule has 2 heterocycles. The molecule has 2 aliphatic rings. The van der Waals surface area contributed by atoms with Crippen LogP contribution in [0.4, 0.5) is 0 Å².